The summed E-state index contributed by atoms with van der Waals surface area (Å²) in [6.07, 6.45) is 3.08. The van der Waals surface area contributed by atoms with Crippen molar-refractivity contribution in [2.24, 2.45) is 0 Å². The predicted octanol–water partition coefficient (Wildman–Crippen LogP) is 3.03. The van der Waals surface area contributed by atoms with Gasteiger partial charge in [0.05, 0.1) is 13.7 Å². The van der Waals surface area contributed by atoms with Gasteiger partial charge in [-0.2, -0.15) is 0 Å². The van der Waals surface area contributed by atoms with Crippen molar-refractivity contribution in [3.8, 4) is 5.75 Å². The van der Waals surface area contributed by atoms with Crippen LogP contribution >= 0.6 is 15.9 Å². The Labute approximate surface area is 103 Å². The van der Waals surface area contributed by atoms with E-state index in [2.05, 4.69) is 15.9 Å². The van der Waals surface area contributed by atoms with Gasteiger partial charge >= 0.3 is 5.97 Å². The standard InChI is InChI=1S/C12H13BrO3/c1-3-16-12(14)5-4-9-6-10(13)8-11(7-9)15-2/h4-8H,3H2,1-2H3. The van der Waals surface area contributed by atoms with Crippen LogP contribution in [0.2, 0.25) is 0 Å². The fraction of sp³-hybridized carbons (Fsp3) is 0.250. The van der Waals surface area contributed by atoms with E-state index in [0.717, 1.165) is 15.8 Å². The Bertz CT molecular complexity index is 399. The van der Waals surface area contributed by atoms with E-state index in [-0.39, 0.29) is 5.97 Å². The van der Waals surface area contributed by atoms with Gasteiger partial charge < -0.3 is 9.47 Å². The molecule has 0 aromatic heterocycles. The van der Waals surface area contributed by atoms with Crippen molar-refractivity contribution in [3.63, 3.8) is 0 Å². The van der Waals surface area contributed by atoms with Crippen molar-refractivity contribution < 1.29 is 14.3 Å². The number of methoxy groups -OCH3 is 1. The highest BCUT2D eigenvalue weighted by molar-refractivity contribution is 9.10. The van der Waals surface area contributed by atoms with Crippen LogP contribution in [0.15, 0.2) is 28.7 Å². The summed E-state index contributed by atoms with van der Waals surface area (Å²) in [5, 5.41) is 0. The van der Waals surface area contributed by atoms with Gasteiger partial charge in [0.15, 0.2) is 0 Å². The minimum absolute atomic E-state index is 0.346. The van der Waals surface area contributed by atoms with Crippen molar-refractivity contribution in [2.45, 2.75) is 6.92 Å². The molecular weight excluding hydrogens is 272 g/mol. The Balaban J connectivity index is 2.80. The zero-order valence-electron chi connectivity index (χ0n) is 9.20. The van der Waals surface area contributed by atoms with Crippen molar-refractivity contribution in [3.05, 3.63) is 34.3 Å². The number of hydrogen-bond donors (Lipinski definition) is 0. The van der Waals surface area contributed by atoms with Crippen molar-refractivity contribution in [1.82, 2.24) is 0 Å². The summed E-state index contributed by atoms with van der Waals surface area (Å²) in [5.41, 5.74) is 0.874. The Morgan fingerprint density at radius 2 is 2.19 bits per heavy atom. The molecule has 4 heteroatoms. The molecule has 0 aliphatic rings. The van der Waals surface area contributed by atoms with E-state index in [0.29, 0.717) is 6.61 Å². The van der Waals surface area contributed by atoms with Gasteiger partial charge in [0.1, 0.15) is 5.75 Å². The molecule has 16 heavy (non-hydrogen) atoms. The zero-order chi connectivity index (χ0) is 12.0. The Morgan fingerprint density at radius 3 is 2.81 bits per heavy atom. The quantitative estimate of drug-likeness (QED) is 0.630. The topological polar surface area (TPSA) is 35.5 Å². The number of carbonyl (C=O) groups is 1. The van der Waals surface area contributed by atoms with E-state index < -0.39 is 0 Å². The number of esters is 1. The first-order valence-corrected chi connectivity index (χ1v) is 5.64. The van der Waals surface area contributed by atoms with Crippen LogP contribution in [-0.2, 0) is 9.53 Å². The van der Waals surface area contributed by atoms with Crippen LogP contribution in [0.3, 0.4) is 0 Å². The summed E-state index contributed by atoms with van der Waals surface area (Å²) in [7, 11) is 1.60. The average Bonchev–Trinajstić information content (AvgIpc) is 2.26. The molecule has 0 spiro atoms. The molecule has 86 valence electrons. The lowest BCUT2D eigenvalue weighted by molar-refractivity contribution is -0.137. The summed E-state index contributed by atoms with van der Waals surface area (Å²) in [5.74, 6) is 0.388. The third-order valence-corrected chi connectivity index (χ3v) is 2.29. The molecule has 1 aromatic carbocycles. The van der Waals surface area contributed by atoms with Crippen LogP contribution in [0.4, 0.5) is 0 Å². The second kappa shape index (κ2) is 6.33. The first-order chi connectivity index (χ1) is 7.65. The van der Waals surface area contributed by atoms with Gasteiger partial charge in [-0.1, -0.05) is 15.9 Å². The highest BCUT2D eigenvalue weighted by atomic mass is 79.9. The Kier molecular flexibility index (Phi) is 5.05. The summed E-state index contributed by atoms with van der Waals surface area (Å²) >= 11 is 3.36. The Morgan fingerprint density at radius 1 is 1.44 bits per heavy atom. The SMILES string of the molecule is CCOC(=O)C=Cc1cc(Br)cc(OC)c1. The molecule has 3 nitrogen and oxygen atoms in total. The number of ether oxygens (including phenoxy) is 2. The minimum Gasteiger partial charge on any atom is -0.497 e. The maximum absolute atomic E-state index is 11.1. The van der Waals surface area contributed by atoms with E-state index in [4.69, 9.17) is 9.47 Å². The molecular formula is C12H13BrO3. The van der Waals surface area contributed by atoms with Crippen LogP contribution < -0.4 is 4.74 Å². The lowest BCUT2D eigenvalue weighted by Gasteiger charge is -2.02. The van der Waals surface area contributed by atoms with E-state index in [1.165, 1.54) is 6.08 Å². The van der Waals surface area contributed by atoms with Crippen molar-refractivity contribution >= 4 is 28.0 Å². The van der Waals surface area contributed by atoms with Crippen LogP contribution in [0, 0.1) is 0 Å². The fourth-order valence-electron chi connectivity index (χ4n) is 1.15. The van der Waals surface area contributed by atoms with E-state index in [1.807, 2.05) is 18.2 Å². The highest BCUT2D eigenvalue weighted by Gasteiger charge is 1.98. The third-order valence-electron chi connectivity index (χ3n) is 1.83. The molecule has 0 aliphatic heterocycles. The first kappa shape index (κ1) is 12.8. The van der Waals surface area contributed by atoms with Crippen LogP contribution in [0.1, 0.15) is 12.5 Å². The van der Waals surface area contributed by atoms with Gasteiger partial charge in [0, 0.05) is 10.5 Å². The Hall–Kier alpha value is -1.29. The van der Waals surface area contributed by atoms with E-state index >= 15 is 0 Å². The normalized spacial score (nSPS) is 10.4. The molecule has 0 radical (unpaired) electrons. The van der Waals surface area contributed by atoms with Crippen LogP contribution in [0.5, 0.6) is 5.75 Å². The van der Waals surface area contributed by atoms with Crippen LogP contribution in [0.25, 0.3) is 6.08 Å². The third kappa shape index (κ3) is 4.06. The minimum atomic E-state index is -0.346. The number of carbonyl (C=O) groups excluding carboxylic acids is 1. The molecule has 0 amide bonds. The van der Waals surface area contributed by atoms with Crippen molar-refractivity contribution in [1.29, 1.82) is 0 Å². The molecule has 1 rings (SSSR count). The molecule has 0 bridgehead atoms. The number of halogens is 1. The maximum atomic E-state index is 11.1. The van der Waals surface area contributed by atoms with Gasteiger partial charge in [-0.25, -0.2) is 4.79 Å². The number of hydrogen-bond acceptors (Lipinski definition) is 3. The molecule has 0 heterocycles. The number of rotatable bonds is 4. The van der Waals surface area contributed by atoms with E-state index in [1.54, 1.807) is 20.1 Å². The summed E-state index contributed by atoms with van der Waals surface area (Å²) in [4.78, 5) is 11.1. The molecule has 0 saturated carbocycles. The largest absolute Gasteiger partial charge is 0.497 e. The monoisotopic (exact) mass is 284 g/mol. The smallest absolute Gasteiger partial charge is 0.330 e. The number of benzene rings is 1. The molecule has 0 N–H and O–H groups in total. The van der Waals surface area contributed by atoms with Gasteiger partial charge in [-0.3, -0.25) is 0 Å². The van der Waals surface area contributed by atoms with Crippen LogP contribution in [-0.4, -0.2) is 19.7 Å². The second-order valence-corrected chi connectivity index (χ2v) is 3.93. The van der Waals surface area contributed by atoms with Gasteiger partial charge in [0.25, 0.3) is 0 Å². The maximum Gasteiger partial charge on any atom is 0.330 e. The van der Waals surface area contributed by atoms with Crippen molar-refractivity contribution in [2.75, 3.05) is 13.7 Å². The second-order valence-electron chi connectivity index (χ2n) is 3.01. The highest BCUT2D eigenvalue weighted by Crippen LogP contribution is 2.21. The van der Waals surface area contributed by atoms with Gasteiger partial charge in [-0.15, -0.1) is 0 Å². The predicted molar refractivity (Wildman–Crippen MR) is 66.4 cm³/mol. The van der Waals surface area contributed by atoms with E-state index in [9.17, 15) is 4.79 Å². The molecule has 0 unspecified atom stereocenters. The average molecular weight is 285 g/mol. The van der Waals surface area contributed by atoms with Gasteiger partial charge in [0.2, 0.25) is 0 Å². The molecule has 0 saturated heterocycles. The summed E-state index contributed by atoms with van der Waals surface area (Å²) < 4.78 is 10.8. The van der Waals surface area contributed by atoms with Gasteiger partial charge in [-0.05, 0) is 36.8 Å². The molecule has 0 aliphatic carbocycles. The molecule has 0 atom stereocenters. The summed E-state index contributed by atoms with van der Waals surface area (Å²) in [6.45, 7) is 2.15. The zero-order valence-corrected chi connectivity index (χ0v) is 10.8. The summed E-state index contributed by atoms with van der Waals surface area (Å²) in [6, 6.07) is 5.57. The fourth-order valence-corrected chi connectivity index (χ4v) is 1.64. The first-order valence-electron chi connectivity index (χ1n) is 4.85. The molecule has 1 aromatic rings. The lowest BCUT2D eigenvalue weighted by Crippen LogP contribution is -1.98. The lowest BCUT2D eigenvalue weighted by atomic mass is 10.2. The molecule has 0 fully saturated rings.